The zero-order valence-corrected chi connectivity index (χ0v) is 12.4. The number of anilines is 1. The molecule has 1 aromatic carbocycles. The number of carbonyl (C=O) groups is 1. The molecule has 0 aromatic heterocycles. The summed E-state index contributed by atoms with van der Waals surface area (Å²) < 4.78 is 11.1. The number of morpholine rings is 1. The normalized spacial score (nSPS) is 16.3. The zero-order chi connectivity index (χ0) is 15.2. The summed E-state index contributed by atoms with van der Waals surface area (Å²) in [5.74, 6) is 0.665. The first kappa shape index (κ1) is 15.4. The predicted molar refractivity (Wildman–Crippen MR) is 82.2 cm³/mol. The van der Waals surface area contributed by atoms with Crippen molar-refractivity contribution >= 4 is 11.6 Å². The second-order valence-corrected chi connectivity index (χ2v) is 5.06. The number of hydrogen-bond donors (Lipinski definition) is 1. The molecule has 0 spiro atoms. The SMILES string of the molecule is C=CCc1cc(N)ccc1OC(C)C(=O)N1CCOCC1. The first-order valence-electron chi connectivity index (χ1n) is 7.14. The summed E-state index contributed by atoms with van der Waals surface area (Å²) in [6.07, 6.45) is 1.91. The molecule has 114 valence electrons. The van der Waals surface area contributed by atoms with E-state index >= 15 is 0 Å². The van der Waals surface area contributed by atoms with Crippen LogP contribution < -0.4 is 10.5 Å². The Morgan fingerprint density at radius 1 is 1.52 bits per heavy atom. The Bertz CT molecular complexity index is 510. The van der Waals surface area contributed by atoms with Crippen LogP contribution in [0.15, 0.2) is 30.9 Å². The maximum Gasteiger partial charge on any atom is 0.263 e. The van der Waals surface area contributed by atoms with Gasteiger partial charge in [0.25, 0.3) is 5.91 Å². The largest absolute Gasteiger partial charge is 0.481 e. The number of nitrogens with zero attached hydrogens (tertiary/aromatic N) is 1. The molecule has 1 aliphatic rings. The molecule has 1 fully saturated rings. The quantitative estimate of drug-likeness (QED) is 0.661. The van der Waals surface area contributed by atoms with Crippen LogP contribution >= 0.6 is 0 Å². The van der Waals surface area contributed by atoms with E-state index in [9.17, 15) is 4.79 Å². The lowest BCUT2D eigenvalue weighted by Crippen LogP contribution is -2.46. The summed E-state index contributed by atoms with van der Waals surface area (Å²) in [5.41, 5.74) is 7.40. The van der Waals surface area contributed by atoms with Crippen LogP contribution in [0.25, 0.3) is 0 Å². The van der Waals surface area contributed by atoms with Crippen LogP contribution in [0.2, 0.25) is 0 Å². The second kappa shape index (κ2) is 7.13. The van der Waals surface area contributed by atoms with Crippen LogP contribution in [-0.4, -0.2) is 43.2 Å². The lowest BCUT2D eigenvalue weighted by atomic mass is 10.1. The van der Waals surface area contributed by atoms with Gasteiger partial charge in [0.1, 0.15) is 5.75 Å². The fourth-order valence-corrected chi connectivity index (χ4v) is 2.31. The van der Waals surface area contributed by atoms with Gasteiger partial charge < -0.3 is 20.1 Å². The minimum atomic E-state index is -0.532. The Kier molecular flexibility index (Phi) is 5.22. The molecule has 1 aromatic rings. The molecule has 1 amide bonds. The van der Waals surface area contributed by atoms with Gasteiger partial charge in [-0.1, -0.05) is 6.08 Å². The van der Waals surface area contributed by atoms with Crippen LogP contribution in [0.3, 0.4) is 0 Å². The molecule has 21 heavy (non-hydrogen) atoms. The Labute approximate surface area is 125 Å². The monoisotopic (exact) mass is 290 g/mol. The summed E-state index contributed by atoms with van der Waals surface area (Å²) in [7, 11) is 0. The minimum Gasteiger partial charge on any atom is -0.481 e. The van der Waals surface area contributed by atoms with E-state index in [2.05, 4.69) is 6.58 Å². The zero-order valence-electron chi connectivity index (χ0n) is 12.4. The van der Waals surface area contributed by atoms with E-state index in [-0.39, 0.29) is 5.91 Å². The first-order chi connectivity index (χ1) is 10.1. The molecule has 1 saturated heterocycles. The van der Waals surface area contributed by atoms with Crippen molar-refractivity contribution in [3.8, 4) is 5.75 Å². The molecule has 0 bridgehead atoms. The Balaban J connectivity index is 2.06. The van der Waals surface area contributed by atoms with E-state index in [4.69, 9.17) is 15.2 Å². The van der Waals surface area contributed by atoms with Crippen molar-refractivity contribution in [2.75, 3.05) is 32.0 Å². The van der Waals surface area contributed by atoms with Gasteiger partial charge in [0.05, 0.1) is 13.2 Å². The number of ether oxygens (including phenoxy) is 2. The highest BCUT2D eigenvalue weighted by Gasteiger charge is 2.24. The topological polar surface area (TPSA) is 64.8 Å². The van der Waals surface area contributed by atoms with Gasteiger partial charge in [-0.05, 0) is 37.1 Å². The molecular formula is C16H22N2O3. The van der Waals surface area contributed by atoms with Gasteiger partial charge in [-0.15, -0.1) is 6.58 Å². The summed E-state index contributed by atoms with van der Waals surface area (Å²) in [4.78, 5) is 14.1. The van der Waals surface area contributed by atoms with Crippen LogP contribution in [0.4, 0.5) is 5.69 Å². The minimum absolute atomic E-state index is 0.0142. The molecule has 2 rings (SSSR count). The van der Waals surface area contributed by atoms with Crippen molar-refractivity contribution in [2.24, 2.45) is 0 Å². The van der Waals surface area contributed by atoms with Gasteiger partial charge in [-0.25, -0.2) is 0 Å². The molecule has 0 aliphatic carbocycles. The number of carbonyl (C=O) groups excluding carboxylic acids is 1. The first-order valence-corrected chi connectivity index (χ1v) is 7.14. The number of rotatable bonds is 5. The maximum atomic E-state index is 12.3. The maximum absolute atomic E-state index is 12.3. The molecule has 0 saturated carbocycles. The number of nitrogens with two attached hydrogens (primary N) is 1. The highest BCUT2D eigenvalue weighted by atomic mass is 16.5. The molecule has 1 unspecified atom stereocenters. The van der Waals surface area contributed by atoms with Crippen molar-refractivity contribution in [3.63, 3.8) is 0 Å². The standard InChI is InChI=1S/C16H22N2O3/c1-3-4-13-11-14(17)5-6-15(13)21-12(2)16(19)18-7-9-20-10-8-18/h3,5-6,11-12H,1,4,7-10,17H2,2H3. The van der Waals surface area contributed by atoms with Crippen LogP contribution in [-0.2, 0) is 16.0 Å². The molecule has 1 aliphatic heterocycles. The number of benzene rings is 1. The van der Waals surface area contributed by atoms with Gasteiger partial charge in [0.15, 0.2) is 6.10 Å². The van der Waals surface area contributed by atoms with Gasteiger partial charge in [0.2, 0.25) is 0 Å². The van der Waals surface area contributed by atoms with Gasteiger partial charge in [0, 0.05) is 18.8 Å². The van der Waals surface area contributed by atoms with E-state index in [0.29, 0.717) is 44.2 Å². The molecule has 2 N–H and O–H groups in total. The average molecular weight is 290 g/mol. The Morgan fingerprint density at radius 2 is 2.24 bits per heavy atom. The predicted octanol–water partition coefficient (Wildman–Crippen LogP) is 1.62. The van der Waals surface area contributed by atoms with E-state index in [1.807, 2.05) is 6.07 Å². The highest BCUT2D eigenvalue weighted by Crippen LogP contribution is 2.24. The van der Waals surface area contributed by atoms with E-state index in [1.165, 1.54) is 0 Å². The third-order valence-electron chi connectivity index (χ3n) is 3.42. The molecular weight excluding hydrogens is 268 g/mol. The second-order valence-electron chi connectivity index (χ2n) is 5.06. The van der Waals surface area contributed by atoms with E-state index in [1.54, 1.807) is 30.0 Å². The van der Waals surface area contributed by atoms with Crippen molar-refractivity contribution in [1.29, 1.82) is 0 Å². The van der Waals surface area contributed by atoms with Gasteiger partial charge >= 0.3 is 0 Å². The van der Waals surface area contributed by atoms with Gasteiger partial charge in [-0.2, -0.15) is 0 Å². The van der Waals surface area contributed by atoms with Crippen LogP contribution in [0, 0.1) is 0 Å². The van der Waals surface area contributed by atoms with Crippen molar-refractivity contribution in [3.05, 3.63) is 36.4 Å². The van der Waals surface area contributed by atoms with Crippen LogP contribution in [0.5, 0.6) is 5.75 Å². The smallest absolute Gasteiger partial charge is 0.263 e. The number of hydrogen-bond acceptors (Lipinski definition) is 4. The summed E-state index contributed by atoms with van der Waals surface area (Å²) in [6, 6.07) is 5.42. The van der Waals surface area contributed by atoms with Crippen molar-refractivity contribution in [1.82, 2.24) is 4.90 Å². The third-order valence-corrected chi connectivity index (χ3v) is 3.42. The number of nitrogen functional groups attached to an aromatic ring is 1. The van der Waals surface area contributed by atoms with Crippen molar-refractivity contribution < 1.29 is 14.3 Å². The highest BCUT2D eigenvalue weighted by molar-refractivity contribution is 5.81. The van der Waals surface area contributed by atoms with Crippen LogP contribution in [0.1, 0.15) is 12.5 Å². The lowest BCUT2D eigenvalue weighted by molar-refractivity contribution is -0.142. The molecule has 5 nitrogen and oxygen atoms in total. The number of allylic oxidation sites excluding steroid dienone is 1. The fourth-order valence-electron chi connectivity index (χ4n) is 2.31. The lowest BCUT2D eigenvalue weighted by Gasteiger charge is -2.29. The summed E-state index contributed by atoms with van der Waals surface area (Å²) in [6.45, 7) is 7.91. The number of amides is 1. The molecule has 0 radical (unpaired) electrons. The molecule has 1 atom stereocenters. The van der Waals surface area contributed by atoms with Gasteiger partial charge in [-0.3, -0.25) is 4.79 Å². The molecule has 1 heterocycles. The average Bonchev–Trinajstić information content (AvgIpc) is 2.50. The van der Waals surface area contributed by atoms with Crippen molar-refractivity contribution in [2.45, 2.75) is 19.4 Å². The summed E-state index contributed by atoms with van der Waals surface area (Å²) >= 11 is 0. The summed E-state index contributed by atoms with van der Waals surface area (Å²) in [5, 5.41) is 0. The fraction of sp³-hybridized carbons (Fsp3) is 0.438. The van der Waals surface area contributed by atoms with E-state index in [0.717, 1.165) is 5.56 Å². The van der Waals surface area contributed by atoms with E-state index < -0.39 is 6.10 Å². The third kappa shape index (κ3) is 3.98. The Hall–Kier alpha value is -2.01. The molecule has 5 heteroatoms. The Morgan fingerprint density at radius 3 is 2.90 bits per heavy atom.